The molecule has 0 saturated carbocycles. The van der Waals surface area contributed by atoms with Crippen LogP contribution in [0.2, 0.25) is 5.02 Å². The first kappa shape index (κ1) is 17.2. The Morgan fingerprint density at radius 3 is 3.00 bits per heavy atom. The number of benzene rings is 1. The van der Waals surface area contributed by atoms with Gasteiger partial charge in [0.15, 0.2) is 0 Å². The number of anilines is 1. The third kappa shape index (κ3) is 3.91. The summed E-state index contributed by atoms with van der Waals surface area (Å²) in [7, 11) is 1.53. The number of ether oxygens (including phenoxy) is 1. The zero-order valence-corrected chi connectivity index (χ0v) is 14.5. The van der Waals surface area contributed by atoms with Gasteiger partial charge < -0.3 is 15.0 Å². The molecule has 1 aromatic carbocycles. The summed E-state index contributed by atoms with van der Waals surface area (Å²) < 4.78 is 5.17. The monoisotopic (exact) mass is 359 g/mol. The molecular formula is C18H18ClN3O3. The van der Waals surface area contributed by atoms with Gasteiger partial charge in [-0.3, -0.25) is 9.59 Å². The van der Waals surface area contributed by atoms with Crippen molar-refractivity contribution in [2.45, 2.75) is 13.0 Å². The van der Waals surface area contributed by atoms with Crippen LogP contribution in [0.15, 0.2) is 42.6 Å². The summed E-state index contributed by atoms with van der Waals surface area (Å²) in [5.74, 6) is -0.162. The summed E-state index contributed by atoms with van der Waals surface area (Å²) in [6.45, 7) is 0.646. The Kier molecular flexibility index (Phi) is 5.19. The predicted octanol–water partition coefficient (Wildman–Crippen LogP) is 2.41. The Morgan fingerprint density at radius 2 is 2.24 bits per heavy atom. The highest BCUT2D eigenvalue weighted by atomic mass is 35.5. The molecule has 0 radical (unpaired) electrons. The fourth-order valence-corrected chi connectivity index (χ4v) is 3.03. The number of pyridine rings is 1. The summed E-state index contributed by atoms with van der Waals surface area (Å²) in [6, 6.07) is 10.7. The standard InChI is InChI=1S/C18H18ClN3O3/c1-25-18-12(4-3-7-20-18)10-21-17(24)13-8-16(23)22(11-13)15-6-2-5-14(19)9-15/h2-7,9,13H,8,10-11H2,1H3,(H,21,24). The minimum atomic E-state index is -0.394. The van der Waals surface area contributed by atoms with E-state index in [-0.39, 0.29) is 18.2 Å². The molecule has 1 aromatic heterocycles. The molecule has 0 bridgehead atoms. The first-order valence-corrected chi connectivity index (χ1v) is 8.28. The van der Waals surface area contributed by atoms with Crippen LogP contribution in [0, 0.1) is 5.92 Å². The zero-order valence-electron chi connectivity index (χ0n) is 13.7. The highest BCUT2D eigenvalue weighted by molar-refractivity contribution is 6.30. The SMILES string of the molecule is COc1ncccc1CNC(=O)C1CC(=O)N(c2cccc(Cl)c2)C1. The van der Waals surface area contributed by atoms with Gasteiger partial charge in [0.05, 0.1) is 13.0 Å². The van der Waals surface area contributed by atoms with Gasteiger partial charge in [-0.2, -0.15) is 0 Å². The van der Waals surface area contributed by atoms with Crippen LogP contribution < -0.4 is 15.0 Å². The molecule has 25 heavy (non-hydrogen) atoms. The minimum Gasteiger partial charge on any atom is -0.481 e. The van der Waals surface area contributed by atoms with Crippen molar-refractivity contribution >= 4 is 29.1 Å². The van der Waals surface area contributed by atoms with Crippen LogP contribution in [0.5, 0.6) is 5.88 Å². The summed E-state index contributed by atoms with van der Waals surface area (Å²) in [5, 5.41) is 3.41. The van der Waals surface area contributed by atoms with Gasteiger partial charge in [-0.15, -0.1) is 0 Å². The van der Waals surface area contributed by atoms with Crippen molar-refractivity contribution in [3.8, 4) is 5.88 Å². The van der Waals surface area contributed by atoms with E-state index in [1.807, 2.05) is 12.1 Å². The second-order valence-electron chi connectivity index (χ2n) is 5.77. The second-order valence-corrected chi connectivity index (χ2v) is 6.21. The molecule has 2 amide bonds. The van der Waals surface area contributed by atoms with Crippen LogP contribution in [0.3, 0.4) is 0 Å². The number of hydrogen-bond acceptors (Lipinski definition) is 4. The number of carbonyl (C=O) groups excluding carboxylic acids is 2. The van der Waals surface area contributed by atoms with Gasteiger partial charge in [-0.05, 0) is 24.3 Å². The van der Waals surface area contributed by atoms with E-state index in [0.717, 1.165) is 5.56 Å². The smallest absolute Gasteiger partial charge is 0.227 e. The molecule has 2 heterocycles. The van der Waals surface area contributed by atoms with Crippen LogP contribution in [-0.4, -0.2) is 30.5 Å². The van der Waals surface area contributed by atoms with Crippen LogP contribution in [0.4, 0.5) is 5.69 Å². The van der Waals surface area contributed by atoms with E-state index in [2.05, 4.69) is 10.3 Å². The maximum atomic E-state index is 12.4. The Bertz CT molecular complexity index is 797. The van der Waals surface area contributed by atoms with Crippen molar-refractivity contribution in [1.29, 1.82) is 0 Å². The fraction of sp³-hybridized carbons (Fsp3) is 0.278. The summed E-state index contributed by atoms with van der Waals surface area (Å²) in [4.78, 5) is 30.4. The molecule has 1 N–H and O–H groups in total. The molecule has 2 aromatic rings. The maximum absolute atomic E-state index is 12.4. The second kappa shape index (κ2) is 7.53. The van der Waals surface area contributed by atoms with Crippen LogP contribution in [0.1, 0.15) is 12.0 Å². The van der Waals surface area contributed by atoms with Crippen molar-refractivity contribution in [1.82, 2.24) is 10.3 Å². The number of nitrogens with one attached hydrogen (secondary N) is 1. The molecule has 1 fully saturated rings. The molecule has 0 spiro atoms. The lowest BCUT2D eigenvalue weighted by Crippen LogP contribution is -2.32. The lowest BCUT2D eigenvalue weighted by atomic mass is 10.1. The topological polar surface area (TPSA) is 71.5 Å². The van der Waals surface area contributed by atoms with Crippen molar-refractivity contribution < 1.29 is 14.3 Å². The number of methoxy groups -OCH3 is 1. The highest BCUT2D eigenvalue weighted by Gasteiger charge is 2.35. The van der Waals surface area contributed by atoms with Gasteiger partial charge in [0, 0.05) is 42.0 Å². The molecule has 1 atom stereocenters. The number of amides is 2. The number of nitrogens with zero attached hydrogens (tertiary/aromatic N) is 2. The van der Waals surface area contributed by atoms with Crippen molar-refractivity contribution in [3.63, 3.8) is 0 Å². The third-order valence-electron chi connectivity index (χ3n) is 4.11. The van der Waals surface area contributed by atoms with E-state index < -0.39 is 5.92 Å². The molecule has 6 nitrogen and oxygen atoms in total. The van der Waals surface area contributed by atoms with E-state index in [0.29, 0.717) is 29.7 Å². The van der Waals surface area contributed by atoms with E-state index in [4.69, 9.17) is 16.3 Å². The van der Waals surface area contributed by atoms with Gasteiger partial charge in [0.1, 0.15) is 0 Å². The normalized spacial score (nSPS) is 16.8. The van der Waals surface area contributed by atoms with Crippen molar-refractivity contribution in [2.24, 2.45) is 5.92 Å². The summed E-state index contributed by atoms with van der Waals surface area (Å²) in [6.07, 6.45) is 1.81. The van der Waals surface area contributed by atoms with E-state index in [9.17, 15) is 9.59 Å². The number of carbonyl (C=O) groups is 2. The lowest BCUT2D eigenvalue weighted by Gasteiger charge is -2.17. The van der Waals surface area contributed by atoms with E-state index in [1.165, 1.54) is 7.11 Å². The maximum Gasteiger partial charge on any atom is 0.227 e. The Labute approximate surface area is 150 Å². The van der Waals surface area contributed by atoms with Gasteiger partial charge in [0.2, 0.25) is 17.7 Å². The van der Waals surface area contributed by atoms with Gasteiger partial charge in [-0.1, -0.05) is 23.7 Å². The first-order chi connectivity index (χ1) is 12.1. The molecule has 1 unspecified atom stereocenters. The Morgan fingerprint density at radius 1 is 1.40 bits per heavy atom. The molecule has 1 aliphatic heterocycles. The average molecular weight is 360 g/mol. The summed E-state index contributed by atoms with van der Waals surface area (Å²) >= 11 is 5.98. The Hall–Kier alpha value is -2.60. The van der Waals surface area contributed by atoms with Gasteiger partial charge in [0.25, 0.3) is 0 Å². The molecule has 1 saturated heterocycles. The number of aromatic nitrogens is 1. The number of rotatable bonds is 5. The van der Waals surface area contributed by atoms with Gasteiger partial charge in [-0.25, -0.2) is 4.98 Å². The molecular weight excluding hydrogens is 342 g/mol. The number of halogens is 1. The Balaban J connectivity index is 1.63. The predicted molar refractivity (Wildman–Crippen MR) is 94.5 cm³/mol. The lowest BCUT2D eigenvalue weighted by molar-refractivity contribution is -0.126. The minimum absolute atomic E-state index is 0.0821. The molecule has 7 heteroatoms. The van der Waals surface area contributed by atoms with Gasteiger partial charge >= 0.3 is 0 Å². The first-order valence-electron chi connectivity index (χ1n) is 7.90. The molecule has 0 aliphatic carbocycles. The van der Waals surface area contributed by atoms with E-state index >= 15 is 0 Å². The largest absolute Gasteiger partial charge is 0.481 e. The number of hydrogen-bond donors (Lipinski definition) is 1. The van der Waals surface area contributed by atoms with Crippen molar-refractivity contribution in [2.75, 3.05) is 18.6 Å². The zero-order chi connectivity index (χ0) is 17.8. The fourth-order valence-electron chi connectivity index (χ4n) is 2.85. The van der Waals surface area contributed by atoms with Crippen LogP contribution in [-0.2, 0) is 16.1 Å². The third-order valence-corrected chi connectivity index (χ3v) is 4.35. The molecule has 130 valence electrons. The average Bonchev–Trinajstić information content (AvgIpc) is 3.02. The molecule has 3 rings (SSSR count). The quantitative estimate of drug-likeness (QED) is 0.889. The van der Waals surface area contributed by atoms with Crippen molar-refractivity contribution in [3.05, 3.63) is 53.2 Å². The highest BCUT2D eigenvalue weighted by Crippen LogP contribution is 2.27. The van der Waals surface area contributed by atoms with Crippen LogP contribution >= 0.6 is 11.6 Å². The summed E-state index contributed by atoms with van der Waals surface area (Å²) in [5.41, 5.74) is 1.50. The molecule has 1 aliphatic rings. The van der Waals surface area contributed by atoms with Crippen LogP contribution in [0.25, 0.3) is 0 Å². The van der Waals surface area contributed by atoms with E-state index in [1.54, 1.807) is 35.4 Å².